The molecule has 1 atom stereocenters. The molecule has 0 aliphatic rings. The van der Waals surface area contributed by atoms with Crippen molar-refractivity contribution < 1.29 is 19.5 Å². The van der Waals surface area contributed by atoms with E-state index in [-0.39, 0.29) is 12.1 Å². The molecule has 0 spiro atoms. The highest BCUT2D eigenvalue weighted by Crippen LogP contribution is 2.21. The quantitative estimate of drug-likeness (QED) is 0.613. The Bertz CT molecular complexity index is 876. The van der Waals surface area contributed by atoms with E-state index in [0.717, 1.165) is 11.1 Å². The summed E-state index contributed by atoms with van der Waals surface area (Å²) >= 11 is 0. The van der Waals surface area contributed by atoms with Gasteiger partial charge in [0.05, 0.1) is 0 Å². The van der Waals surface area contributed by atoms with Crippen LogP contribution in [0.1, 0.15) is 46.9 Å². The number of carbonyl (C=O) groups is 3. The molecule has 0 bridgehead atoms. The fourth-order valence-corrected chi connectivity index (χ4v) is 2.71. The first kappa shape index (κ1) is 21.0. The summed E-state index contributed by atoms with van der Waals surface area (Å²) in [6.07, 6.45) is 0. The second-order valence-electron chi connectivity index (χ2n) is 6.86. The van der Waals surface area contributed by atoms with Gasteiger partial charge in [-0.25, -0.2) is 9.59 Å². The number of anilines is 1. The summed E-state index contributed by atoms with van der Waals surface area (Å²) in [5, 5.41) is 17.5. The van der Waals surface area contributed by atoms with Crippen molar-refractivity contribution in [2.45, 2.75) is 39.8 Å². The third-order valence-electron chi connectivity index (χ3n) is 4.30. The molecule has 2 aromatic rings. The number of benzene rings is 2. The van der Waals surface area contributed by atoms with Crippen LogP contribution in [-0.2, 0) is 4.79 Å². The number of aryl methyl sites for hydroxylation is 1. The van der Waals surface area contributed by atoms with Crippen molar-refractivity contribution in [1.29, 1.82) is 0 Å². The van der Waals surface area contributed by atoms with E-state index in [1.807, 2.05) is 33.8 Å². The van der Waals surface area contributed by atoms with Gasteiger partial charge in [-0.05, 0) is 68.7 Å². The molecule has 0 aliphatic carbocycles. The maximum Gasteiger partial charge on any atom is 0.330 e. The van der Waals surface area contributed by atoms with Crippen molar-refractivity contribution in [2.24, 2.45) is 0 Å². The molecule has 0 saturated heterocycles. The van der Waals surface area contributed by atoms with Gasteiger partial charge < -0.3 is 21.1 Å². The summed E-state index contributed by atoms with van der Waals surface area (Å²) in [5.74, 6) is -1.64. The van der Waals surface area contributed by atoms with Crippen molar-refractivity contribution in [1.82, 2.24) is 10.6 Å². The zero-order valence-electron chi connectivity index (χ0n) is 16.4. The first-order chi connectivity index (χ1) is 13.2. The Kier molecular flexibility index (Phi) is 6.76. The second-order valence-corrected chi connectivity index (χ2v) is 6.86. The Morgan fingerprint density at radius 2 is 1.57 bits per heavy atom. The Morgan fingerprint density at radius 3 is 2.14 bits per heavy atom. The van der Waals surface area contributed by atoms with Gasteiger partial charge in [0.15, 0.2) is 6.04 Å². The van der Waals surface area contributed by atoms with Gasteiger partial charge in [-0.1, -0.05) is 18.2 Å². The van der Waals surface area contributed by atoms with Gasteiger partial charge in [0.1, 0.15) is 0 Å². The van der Waals surface area contributed by atoms with Crippen molar-refractivity contribution in [3.05, 3.63) is 64.7 Å². The number of hydrogen-bond donors (Lipinski definition) is 4. The van der Waals surface area contributed by atoms with Gasteiger partial charge in [-0.2, -0.15) is 0 Å². The topological polar surface area (TPSA) is 108 Å². The fraction of sp³-hybridized carbons (Fsp3) is 0.286. The summed E-state index contributed by atoms with van der Waals surface area (Å²) < 4.78 is 0. The summed E-state index contributed by atoms with van der Waals surface area (Å²) in [7, 11) is 0. The molecule has 3 amide bonds. The molecule has 0 saturated carbocycles. The predicted molar refractivity (Wildman–Crippen MR) is 107 cm³/mol. The zero-order valence-corrected chi connectivity index (χ0v) is 16.4. The van der Waals surface area contributed by atoms with Crippen LogP contribution in [0.15, 0.2) is 42.5 Å². The maximum atomic E-state index is 12.5. The van der Waals surface area contributed by atoms with Crippen LogP contribution < -0.4 is 16.0 Å². The third kappa shape index (κ3) is 5.33. The van der Waals surface area contributed by atoms with E-state index in [1.165, 1.54) is 12.1 Å². The van der Waals surface area contributed by atoms with Crippen LogP contribution in [0.4, 0.5) is 10.5 Å². The first-order valence-corrected chi connectivity index (χ1v) is 8.96. The van der Waals surface area contributed by atoms with Gasteiger partial charge >= 0.3 is 12.0 Å². The Balaban J connectivity index is 2.13. The monoisotopic (exact) mass is 383 g/mol. The van der Waals surface area contributed by atoms with E-state index < -0.39 is 17.9 Å². The molecular formula is C21H25N3O4. The fourth-order valence-electron chi connectivity index (χ4n) is 2.71. The van der Waals surface area contributed by atoms with Crippen molar-refractivity contribution >= 4 is 23.6 Å². The normalized spacial score (nSPS) is 11.6. The molecule has 7 heteroatoms. The zero-order chi connectivity index (χ0) is 20.8. The van der Waals surface area contributed by atoms with E-state index in [2.05, 4.69) is 16.0 Å². The van der Waals surface area contributed by atoms with Crippen LogP contribution in [0.3, 0.4) is 0 Å². The average molecular weight is 383 g/mol. The number of amides is 3. The molecule has 0 heterocycles. The molecule has 0 radical (unpaired) electrons. The maximum absolute atomic E-state index is 12.5. The minimum Gasteiger partial charge on any atom is -0.479 e. The molecular weight excluding hydrogens is 358 g/mol. The van der Waals surface area contributed by atoms with E-state index in [4.69, 9.17) is 0 Å². The van der Waals surface area contributed by atoms with Crippen LogP contribution in [0.25, 0.3) is 0 Å². The molecule has 1 unspecified atom stereocenters. The van der Waals surface area contributed by atoms with Gasteiger partial charge in [-0.3, -0.25) is 4.79 Å². The highest BCUT2D eigenvalue weighted by Gasteiger charge is 2.24. The summed E-state index contributed by atoms with van der Waals surface area (Å²) in [4.78, 5) is 36.0. The Hall–Kier alpha value is -3.35. The molecule has 28 heavy (non-hydrogen) atoms. The van der Waals surface area contributed by atoms with Crippen molar-refractivity contribution in [3.8, 4) is 0 Å². The molecule has 2 rings (SSSR count). The number of rotatable bonds is 6. The van der Waals surface area contributed by atoms with Gasteiger partial charge in [-0.15, -0.1) is 0 Å². The van der Waals surface area contributed by atoms with Crippen LogP contribution in [-0.4, -0.2) is 29.1 Å². The highest BCUT2D eigenvalue weighted by atomic mass is 16.4. The summed E-state index contributed by atoms with van der Waals surface area (Å²) in [6.45, 7) is 7.42. The molecule has 7 nitrogen and oxygen atoms in total. The first-order valence-electron chi connectivity index (χ1n) is 8.96. The van der Waals surface area contributed by atoms with Crippen molar-refractivity contribution in [3.63, 3.8) is 0 Å². The number of urea groups is 1. The largest absolute Gasteiger partial charge is 0.479 e. The van der Waals surface area contributed by atoms with Crippen LogP contribution in [0.2, 0.25) is 0 Å². The van der Waals surface area contributed by atoms with E-state index in [9.17, 15) is 19.5 Å². The predicted octanol–water partition coefficient (Wildman–Crippen LogP) is 3.39. The molecule has 2 aromatic carbocycles. The number of carbonyl (C=O) groups excluding carboxylic acids is 2. The molecule has 0 aromatic heterocycles. The van der Waals surface area contributed by atoms with Crippen molar-refractivity contribution in [2.75, 3.05) is 5.32 Å². The number of hydrogen-bond acceptors (Lipinski definition) is 3. The second kappa shape index (κ2) is 9.03. The SMILES string of the molecule is Cc1cccc(C(NC(=O)c2ccc(NC(=O)NC(C)C)cc2)C(=O)O)c1C. The molecule has 0 aliphatic heterocycles. The standard InChI is InChI=1S/C21H25N3O4/c1-12(2)22-21(28)23-16-10-8-15(9-11-16)19(25)24-18(20(26)27)17-7-5-6-13(3)14(17)4/h5-12,18H,1-4H3,(H,24,25)(H,26,27)(H2,22,23,28). The smallest absolute Gasteiger partial charge is 0.330 e. The van der Waals surface area contributed by atoms with Crippen LogP contribution >= 0.6 is 0 Å². The minimum absolute atomic E-state index is 0.00285. The Labute approximate surface area is 164 Å². The number of nitrogens with one attached hydrogen (secondary N) is 3. The summed E-state index contributed by atoms with van der Waals surface area (Å²) in [6, 6.07) is 10.1. The lowest BCUT2D eigenvalue weighted by atomic mass is 9.97. The van der Waals surface area contributed by atoms with Gasteiger partial charge in [0.2, 0.25) is 0 Å². The van der Waals surface area contributed by atoms with E-state index in [1.54, 1.807) is 24.3 Å². The average Bonchev–Trinajstić information content (AvgIpc) is 2.62. The number of aliphatic carboxylic acids is 1. The highest BCUT2D eigenvalue weighted by molar-refractivity contribution is 5.97. The number of carboxylic acid groups (broad SMARTS) is 1. The number of carboxylic acids is 1. The van der Waals surface area contributed by atoms with Crippen LogP contribution in [0, 0.1) is 13.8 Å². The third-order valence-corrected chi connectivity index (χ3v) is 4.30. The van der Waals surface area contributed by atoms with Crippen LogP contribution in [0.5, 0.6) is 0 Å². The van der Waals surface area contributed by atoms with Gasteiger partial charge in [0.25, 0.3) is 5.91 Å². The van der Waals surface area contributed by atoms with Gasteiger partial charge in [0, 0.05) is 17.3 Å². The summed E-state index contributed by atoms with van der Waals surface area (Å²) in [5.41, 5.74) is 3.15. The molecule has 4 N–H and O–H groups in total. The Morgan fingerprint density at radius 1 is 0.929 bits per heavy atom. The lowest BCUT2D eigenvalue weighted by Crippen LogP contribution is -2.34. The minimum atomic E-state index is -1.15. The van der Waals surface area contributed by atoms with E-state index >= 15 is 0 Å². The molecule has 0 fully saturated rings. The lowest BCUT2D eigenvalue weighted by molar-refractivity contribution is -0.139. The lowest BCUT2D eigenvalue weighted by Gasteiger charge is -2.18. The van der Waals surface area contributed by atoms with E-state index in [0.29, 0.717) is 16.8 Å². The molecule has 148 valence electrons.